The van der Waals surface area contributed by atoms with Crippen LogP contribution in [-0.2, 0) is 0 Å². The minimum absolute atomic E-state index is 0.0112. The molecule has 2 atom stereocenters. The number of amides is 1. The van der Waals surface area contributed by atoms with Gasteiger partial charge in [0, 0.05) is 23.7 Å². The molecule has 0 bridgehead atoms. The summed E-state index contributed by atoms with van der Waals surface area (Å²) in [6.45, 7) is 5.51. The Kier molecular flexibility index (Phi) is 4.32. The van der Waals surface area contributed by atoms with E-state index in [4.69, 9.17) is 0 Å². The molecule has 0 saturated carbocycles. The van der Waals surface area contributed by atoms with Crippen molar-refractivity contribution in [1.29, 1.82) is 0 Å². The summed E-state index contributed by atoms with van der Waals surface area (Å²) in [5.74, 6) is 0.425. The number of Topliss-reactive ketones (excluding diaryl/α,β-unsaturated/α-hetero) is 1. The van der Waals surface area contributed by atoms with Crippen LogP contribution in [0.1, 0.15) is 41.0 Å². The lowest BCUT2D eigenvalue weighted by Crippen LogP contribution is -2.50. The zero-order valence-corrected chi connectivity index (χ0v) is 11.4. The molecule has 2 unspecified atom stereocenters. The van der Waals surface area contributed by atoms with Gasteiger partial charge in [-0.05, 0) is 37.9 Å². The molecule has 4 nitrogen and oxygen atoms in total. The van der Waals surface area contributed by atoms with Crippen molar-refractivity contribution in [2.45, 2.75) is 26.3 Å². The van der Waals surface area contributed by atoms with Crippen LogP contribution in [0.4, 0.5) is 0 Å². The third-order valence-corrected chi connectivity index (χ3v) is 3.70. The van der Waals surface area contributed by atoms with Crippen molar-refractivity contribution in [2.75, 3.05) is 13.1 Å². The molecule has 1 fully saturated rings. The maximum atomic E-state index is 12.1. The van der Waals surface area contributed by atoms with Gasteiger partial charge in [0.2, 0.25) is 0 Å². The number of ketones is 1. The third kappa shape index (κ3) is 3.41. The molecule has 1 aromatic carbocycles. The monoisotopic (exact) mass is 260 g/mol. The largest absolute Gasteiger partial charge is 0.348 e. The smallest absolute Gasteiger partial charge is 0.251 e. The zero-order valence-electron chi connectivity index (χ0n) is 11.4. The summed E-state index contributed by atoms with van der Waals surface area (Å²) in [5, 5.41) is 6.33. The van der Waals surface area contributed by atoms with Crippen LogP contribution in [-0.4, -0.2) is 30.8 Å². The highest BCUT2D eigenvalue weighted by Gasteiger charge is 2.22. The van der Waals surface area contributed by atoms with Crippen LogP contribution in [0.2, 0.25) is 0 Å². The molecule has 1 aliphatic heterocycles. The van der Waals surface area contributed by atoms with E-state index >= 15 is 0 Å². The summed E-state index contributed by atoms with van der Waals surface area (Å²) < 4.78 is 0. The number of hydrogen-bond donors (Lipinski definition) is 2. The first-order chi connectivity index (χ1) is 9.08. The molecule has 1 aliphatic rings. The summed E-state index contributed by atoms with van der Waals surface area (Å²) >= 11 is 0. The molecule has 0 aromatic heterocycles. The van der Waals surface area contributed by atoms with Gasteiger partial charge < -0.3 is 10.6 Å². The fourth-order valence-corrected chi connectivity index (χ4v) is 2.29. The van der Waals surface area contributed by atoms with Gasteiger partial charge in [0.05, 0.1) is 0 Å². The number of carbonyl (C=O) groups excluding carboxylic acids is 2. The van der Waals surface area contributed by atoms with Gasteiger partial charge >= 0.3 is 0 Å². The van der Waals surface area contributed by atoms with Crippen LogP contribution >= 0.6 is 0 Å². The second-order valence-electron chi connectivity index (χ2n) is 5.18. The molecular weight excluding hydrogens is 240 g/mol. The Hall–Kier alpha value is -1.68. The minimum atomic E-state index is -0.0735. The van der Waals surface area contributed by atoms with Crippen molar-refractivity contribution < 1.29 is 9.59 Å². The van der Waals surface area contributed by atoms with Gasteiger partial charge in [0.1, 0.15) is 0 Å². The van der Waals surface area contributed by atoms with Crippen molar-refractivity contribution in [3.8, 4) is 0 Å². The molecule has 102 valence electrons. The maximum absolute atomic E-state index is 12.1. The highest BCUT2D eigenvalue weighted by Crippen LogP contribution is 2.12. The Balaban J connectivity index is 2.01. The van der Waals surface area contributed by atoms with Gasteiger partial charge in [-0.2, -0.15) is 0 Å². The number of hydrogen-bond acceptors (Lipinski definition) is 3. The lowest BCUT2D eigenvalue weighted by atomic mass is 9.94. The number of nitrogens with one attached hydrogen (secondary N) is 2. The highest BCUT2D eigenvalue weighted by atomic mass is 16.1. The fraction of sp³-hybridized carbons (Fsp3) is 0.467. The second kappa shape index (κ2) is 5.97. The van der Waals surface area contributed by atoms with Crippen LogP contribution in [0, 0.1) is 5.92 Å². The molecule has 4 heteroatoms. The SMILES string of the molecule is CC(=O)c1ccc(C(=O)NC2CNCCC2C)cc1. The van der Waals surface area contributed by atoms with Crippen LogP contribution in [0.5, 0.6) is 0 Å². The predicted molar refractivity (Wildman–Crippen MR) is 74.4 cm³/mol. The van der Waals surface area contributed by atoms with Gasteiger partial charge in [-0.3, -0.25) is 9.59 Å². The Morgan fingerprint density at radius 2 is 1.84 bits per heavy atom. The molecule has 0 radical (unpaired) electrons. The molecule has 0 spiro atoms. The molecule has 19 heavy (non-hydrogen) atoms. The first-order valence-corrected chi connectivity index (χ1v) is 6.70. The quantitative estimate of drug-likeness (QED) is 0.812. The average molecular weight is 260 g/mol. The standard InChI is InChI=1S/C15H20N2O2/c1-10-7-8-16-9-14(10)17-15(19)13-5-3-12(4-6-13)11(2)18/h3-6,10,14,16H,7-9H2,1-2H3,(H,17,19). The van der Waals surface area contributed by atoms with E-state index < -0.39 is 0 Å². The van der Waals surface area contributed by atoms with Crippen LogP contribution in [0.15, 0.2) is 24.3 Å². The summed E-state index contributed by atoms with van der Waals surface area (Å²) in [6.07, 6.45) is 1.08. The maximum Gasteiger partial charge on any atom is 0.251 e. The first-order valence-electron chi connectivity index (χ1n) is 6.70. The Bertz CT molecular complexity index is 468. The Morgan fingerprint density at radius 3 is 2.42 bits per heavy atom. The van der Waals surface area contributed by atoms with Crippen molar-refractivity contribution in [3.05, 3.63) is 35.4 Å². The van der Waals surface area contributed by atoms with E-state index in [1.807, 2.05) is 0 Å². The van der Waals surface area contributed by atoms with Crippen molar-refractivity contribution in [1.82, 2.24) is 10.6 Å². The van der Waals surface area contributed by atoms with Crippen molar-refractivity contribution in [2.24, 2.45) is 5.92 Å². The number of benzene rings is 1. The Labute approximate surface area is 113 Å². The summed E-state index contributed by atoms with van der Waals surface area (Å²) in [5.41, 5.74) is 1.23. The van der Waals surface area contributed by atoms with Crippen molar-refractivity contribution in [3.63, 3.8) is 0 Å². The van der Waals surface area contributed by atoms with Crippen LogP contribution in [0.3, 0.4) is 0 Å². The second-order valence-corrected chi connectivity index (χ2v) is 5.18. The summed E-state index contributed by atoms with van der Waals surface area (Å²) in [6, 6.07) is 6.97. The van der Waals surface area contributed by atoms with E-state index in [2.05, 4.69) is 17.6 Å². The topological polar surface area (TPSA) is 58.2 Å². The molecule has 1 amide bonds. The molecule has 1 aromatic rings. The zero-order chi connectivity index (χ0) is 13.8. The van der Waals surface area contributed by atoms with Gasteiger partial charge in [-0.1, -0.05) is 19.1 Å². The fourth-order valence-electron chi connectivity index (χ4n) is 2.29. The van der Waals surface area contributed by atoms with Gasteiger partial charge in [-0.25, -0.2) is 0 Å². The lowest BCUT2D eigenvalue weighted by molar-refractivity contribution is 0.0914. The Morgan fingerprint density at radius 1 is 1.21 bits per heavy atom. The number of piperidine rings is 1. The van der Waals surface area contributed by atoms with Gasteiger partial charge in [0.15, 0.2) is 5.78 Å². The van der Waals surface area contributed by atoms with Crippen LogP contribution < -0.4 is 10.6 Å². The highest BCUT2D eigenvalue weighted by molar-refractivity contribution is 5.97. The van der Waals surface area contributed by atoms with E-state index in [1.54, 1.807) is 24.3 Å². The van der Waals surface area contributed by atoms with E-state index in [0.717, 1.165) is 19.5 Å². The number of carbonyl (C=O) groups is 2. The van der Waals surface area contributed by atoms with Gasteiger partial charge in [0.25, 0.3) is 5.91 Å². The average Bonchev–Trinajstić information content (AvgIpc) is 2.41. The van der Waals surface area contributed by atoms with Crippen LogP contribution in [0.25, 0.3) is 0 Å². The molecular formula is C15H20N2O2. The van der Waals surface area contributed by atoms with Gasteiger partial charge in [-0.15, -0.1) is 0 Å². The minimum Gasteiger partial charge on any atom is -0.348 e. The summed E-state index contributed by atoms with van der Waals surface area (Å²) in [7, 11) is 0. The number of rotatable bonds is 3. The van der Waals surface area contributed by atoms with E-state index in [1.165, 1.54) is 6.92 Å². The summed E-state index contributed by atoms with van der Waals surface area (Å²) in [4.78, 5) is 23.3. The first kappa shape index (κ1) is 13.7. The lowest BCUT2D eigenvalue weighted by Gasteiger charge is -2.30. The molecule has 1 saturated heterocycles. The molecule has 2 rings (SSSR count). The van der Waals surface area contributed by atoms with E-state index in [9.17, 15) is 9.59 Å². The van der Waals surface area contributed by atoms with Crippen molar-refractivity contribution >= 4 is 11.7 Å². The normalized spacial score (nSPS) is 22.8. The molecule has 2 N–H and O–H groups in total. The molecule has 0 aliphatic carbocycles. The third-order valence-electron chi connectivity index (χ3n) is 3.70. The predicted octanol–water partition coefficient (Wildman–Crippen LogP) is 1.62. The van der Waals surface area contributed by atoms with E-state index in [0.29, 0.717) is 17.0 Å². The molecule has 1 heterocycles. The van der Waals surface area contributed by atoms with E-state index in [-0.39, 0.29) is 17.7 Å².